The van der Waals surface area contributed by atoms with Gasteiger partial charge in [-0.25, -0.2) is 0 Å². The van der Waals surface area contributed by atoms with Crippen LogP contribution in [0.25, 0.3) is 0 Å². The number of esters is 1. The second kappa shape index (κ2) is 5.13. The molecule has 0 heterocycles. The fraction of sp³-hybridized carbons (Fsp3) is 0.818. The molecule has 0 aliphatic heterocycles. The predicted octanol–water partition coefficient (Wildman–Crippen LogP) is 2.09. The first kappa shape index (κ1) is 11.2. The van der Waals surface area contributed by atoms with Gasteiger partial charge in [0.1, 0.15) is 5.78 Å². The van der Waals surface area contributed by atoms with Crippen molar-refractivity contribution in [2.24, 2.45) is 5.92 Å². The van der Waals surface area contributed by atoms with Crippen LogP contribution in [-0.2, 0) is 14.3 Å². The number of carbonyl (C=O) groups excluding carboxylic acids is 2. The summed E-state index contributed by atoms with van der Waals surface area (Å²) in [6.07, 6.45) is 3.50. The molecule has 1 fully saturated rings. The van der Waals surface area contributed by atoms with Gasteiger partial charge in [-0.15, -0.1) is 0 Å². The second-order valence-corrected chi connectivity index (χ2v) is 3.97. The molecule has 3 nitrogen and oxygen atoms in total. The summed E-state index contributed by atoms with van der Waals surface area (Å²) >= 11 is 0. The minimum Gasteiger partial charge on any atom is -0.463 e. The Morgan fingerprint density at radius 1 is 1.64 bits per heavy atom. The van der Waals surface area contributed by atoms with Gasteiger partial charge in [-0.3, -0.25) is 9.59 Å². The Balaban J connectivity index is 2.29. The molecule has 0 bridgehead atoms. The maximum atomic E-state index is 11.3. The first-order valence-corrected chi connectivity index (χ1v) is 5.35. The highest BCUT2D eigenvalue weighted by molar-refractivity contribution is 5.86. The standard InChI is InChI=1S/C11H18O3/c1-3-8(2)14-11(13)7-9-5-4-6-10(9)12/h8-9H,3-7H2,1-2H3. The molecule has 0 N–H and O–H groups in total. The summed E-state index contributed by atoms with van der Waals surface area (Å²) in [5.41, 5.74) is 0. The molecule has 1 aliphatic carbocycles. The van der Waals surface area contributed by atoms with Crippen LogP contribution >= 0.6 is 0 Å². The summed E-state index contributed by atoms with van der Waals surface area (Å²) in [6, 6.07) is 0. The zero-order chi connectivity index (χ0) is 10.6. The number of ether oxygens (including phenoxy) is 1. The van der Waals surface area contributed by atoms with Gasteiger partial charge in [-0.05, 0) is 26.2 Å². The second-order valence-electron chi connectivity index (χ2n) is 3.97. The van der Waals surface area contributed by atoms with Crippen molar-refractivity contribution >= 4 is 11.8 Å². The Morgan fingerprint density at radius 2 is 2.36 bits per heavy atom. The van der Waals surface area contributed by atoms with Gasteiger partial charge >= 0.3 is 5.97 Å². The lowest BCUT2D eigenvalue weighted by molar-refractivity contribution is -0.150. The number of ketones is 1. The van der Waals surface area contributed by atoms with Gasteiger partial charge in [0.15, 0.2) is 0 Å². The Hall–Kier alpha value is -0.860. The molecule has 3 heteroatoms. The van der Waals surface area contributed by atoms with E-state index in [0.29, 0.717) is 6.42 Å². The Bertz CT molecular complexity index is 223. The van der Waals surface area contributed by atoms with Crippen molar-refractivity contribution in [1.82, 2.24) is 0 Å². The molecule has 2 atom stereocenters. The summed E-state index contributed by atoms with van der Waals surface area (Å²) < 4.78 is 5.12. The third-order valence-electron chi connectivity index (χ3n) is 2.75. The molecule has 80 valence electrons. The third-order valence-corrected chi connectivity index (χ3v) is 2.75. The summed E-state index contributed by atoms with van der Waals surface area (Å²) in [6.45, 7) is 3.84. The Morgan fingerprint density at radius 3 is 2.86 bits per heavy atom. The van der Waals surface area contributed by atoms with E-state index in [4.69, 9.17) is 4.74 Å². The monoisotopic (exact) mass is 198 g/mol. The highest BCUT2D eigenvalue weighted by Crippen LogP contribution is 2.24. The van der Waals surface area contributed by atoms with Crippen molar-refractivity contribution in [3.8, 4) is 0 Å². The van der Waals surface area contributed by atoms with Gasteiger partial charge in [-0.2, -0.15) is 0 Å². The van der Waals surface area contributed by atoms with Gasteiger partial charge in [-0.1, -0.05) is 6.92 Å². The van der Waals surface area contributed by atoms with Crippen LogP contribution in [0.4, 0.5) is 0 Å². The van der Waals surface area contributed by atoms with Gasteiger partial charge in [0.25, 0.3) is 0 Å². The van der Waals surface area contributed by atoms with Crippen LogP contribution in [0.15, 0.2) is 0 Å². The number of carbonyl (C=O) groups is 2. The molecule has 0 aromatic carbocycles. The molecule has 0 aromatic heterocycles. The Labute approximate surface area is 84.8 Å². The third kappa shape index (κ3) is 3.13. The highest BCUT2D eigenvalue weighted by Gasteiger charge is 2.27. The molecular formula is C11H18O3. The van der Waals surface area contributed by atoms with Crippen LogP contribution in [0.5, 0.6) is 0 Å². The summed E-state index contributed by atoms with van der Waals surface area (Å²) in [4.78, 5) is 22.6. The minimum absolute atomic E-state index is 0.0287. The fourth-order valence-corrected chi connectivity index (χ4v) is 1.66. The van der Waals surface area contributed by atoms with Crippen molar-refractivity contribution in [2.75, 3.05) is 0 Å². The topological polar surface area (TPSA) is 43.4 Å². The maximum Gasteiger partial charge on any atom is 0.306 e. The fourth-order valence-electron chi connectivity index (χ4n) is 1.66. The van der Waals surface area contributed by atoms with Gasteiger partial charge in [0, 0.05) is 12.3 Å². The largest absolute Gasteiger partial charge is 0.463 e. The molecule has 2 unspecified atom stereocenters. The van der Waals surface area contributed by atoms with Crippen molar-refractivity contribution < 1.29 is 14.3 Å². The van der Waals surface area contributed by atoms with E-state index in [1.165, 1.54) is 0 Å². The molecule has 14 heavy (non-hydrogen) atoms. The number of hydrogen-bond donors (Lipinski definition) is 0. The molecule has 1 saturated carbocycles. The van der Waals surface area contributed by atoms with E-state index in [1.807, 2.05) is 13.8 Å². The van der Waals surface area contributed by atoms with E-state index in [0.717, 1.165) is 19.3 Å². The van der Waals surface area contributed by atoms with Crippen LogP contribution in [0.2, 0.25) is 0 Å². The van der Waals surface area contributed by atoms with E-state index in [9.17, 15) is 9.59 Å². The average molecular weight is 198 g/mol. The summed E-state index contributed by atoms with van der Waals surface area (Å²) in [5, 5.41) is 0. The molecule has 0 saturated heterocycles. The average Bonchev–Trinajstić information content (AvgIpc) is 2.51. The lowest BCUT2D eigenvalue weighted by Crippen LogP contribution is -2.19. The molecular weight excluding hydrogens is 180 g/mol. The molecule has 1 aliphatic rings. The number of Topliss-reactive ketones (excluding diaryl/α,β-unsaturated/α-hetero) is 1. The quantitative estimate of drug-likeness (QED) is 0.649. The normalized spacial score (nSPS) is 23.6. The van der Waals surface area contributed by atoms with Gasteiger partial charge < -0.3 is 4.74 Å². The predicted molar refractivity (Wildman–Crippen MR) is 52.8 cm³/mol. The molecule has 0 amide bonds. The van der Waals surface area contributed by atoms with Crippen LogP contribution < -0.4 is 0 Å². The smallest absolute Gasteiger partial charge is 0.306 e. The first-order valence-electron chi connectivity index (χ1n) is 5.35. The maximum absolute atomic E-state index is 11.3. The van der Waals surface area contributed by atoms with Crippen molar-refractivity contribution in [3.63, 3.8) is 0 Å². The van der Waals surface area contributed by atoms with Crippen LogP contribution in [0.3, 0.4) is 0 Å². The van der Waals surface area contributed by atoms with E-state index < -0.39 is 0 Å². The van der Waals surface area contributed by atoms with E-state index in [-0.39, 0.29) is 30.2 Å². The molecule has 0 radical (unpaired) electrons. The highest BCUT2D eigenvalue weighted by atomic mass is 16.5. The molecule has 0 spiro atoms. The zero-order valence-electron chi connectivity index (χ0n) is 8.91. The number of hydrogen-bond acceptors (Lipinski definition) is 3. The zero-order valence-corrected chi connectivity index (χ0v) is 8.91. The van der Waals surface area contributed by atoms with E-state index in [1.54, 1.807) is 0 Å². The van der Waals surface area contributed by atoms with Crippen molar-refractivity contribution in [3.05, 3.63) is 0 Å². The van der Waals surface area contributed by atoms with Crippen LogP contribution in [0, 0.1) is 5.92 Å². The van der Waals surface area contributed by atoms with Crippen LogP contribution in [-0.4, -0.2) is 17.9 Å². The SMILES string of the molecule is CCC(C)OC(=O)CC1CCCC1=O. The first-order chi connectivity index (χ1) is 6.63. The van der Waals surface area contributed by atoms with Crippen molar-refractivity contribution in [1.29, 1.82) is 0 Å². The summed E-state index contributed by atoms with van der Waals surface area (Å²) in [5.74, 6) is -0.0581. The number of rotatable bonds is 4. The lowest BCUT2D eigenvalue weighted by atomic mass is 10.0. The van der Waals surface area contributed by atoms with Crippen LogP contribution in [0.1, 0.15) is 46.0 Å². The van der Waals surface area contributed by atoms with Crippen molar-refractivity contribution in [2.45, 2.75) is 52.1 Å². The van der Waals surface area contributed by atoms with E-state index >= 15 is 0 Å². The lowest BCUT2D eigenvalue weighted by Gasteiger charge is -2.12. The van der Waals surface area contributed by atoms with Gasteiger partial charge in [0.05, 0.1) is 12.5 Å². The Kier molecular flexibility index (Phi) is 4.11. The molecule has 1 rings (SSSR count). The van der Waals surface area contributed by atoms with E-state index in [2.05, 4.69) is 0 Å². The molecule has 0 aromatic rings. The van der Waals surface area contributed by atoms with Gasteiger partial charge in [0.2, 0.25) is 0 Å². The summed E-state index contributed by atoms with van der Waals surface area (Å²) in [7, 11) is 0. The minimum atomic E-state index is -0.223.